The monoisotopic (exact) mass is 527 g/mol. The van der Waals surface area contributed by atoms with Crippen molar-refractivity contribution in [2.75, 3.05) is 57.2 Å². The molecule has 0 radical (unpaired) electrons. The van der Waals surface area contributed by atoms with Crippen molar-refractivity contribution in [3.8, 4) is 0 Å². The maximum atomic E-state index is 13.2. The second kappa shape index (κ2) is 9.42. The number of methoxy groups -OCH3 is 1. The van der Waals surface area contributed by atoms with Crippen molar-refractivity contribution in [2.24, 2.45) is 0 Å². The molecule has 1 saturated heterocycles. The van der Waals surface area contributed by atoms with Crippen LogP contribution >= 0.6 is 22.9 Å². The minimum Gasteiger partial charge on any atom is -0.383 e. The van der Waals surface area contributed by atoms with Gasteiger partial charge in [-0.05, 0) is 30.2 Å². The van der Waals surface area contributed by atoms with Crippen LogP contribution in [0, 0.1) is 0 Å². The number of likely N-dealkylation sites (tertiary alicyclic amines) is 1. The van der Waals surface area contributed by atoms with E-state index in [-0.39, 0.29) is 24.0 Å². The zero-order valence-electron chi connectivity index (χ0n) is 19.1. The molecule has 3 heterocycles. The molecule has 1 aromatic heterocycles. The largest absolute Gasteiger partial charge is 0.383 e. The Morgan fingerprint density at radius 3 is 2.74 bits per heavy atom. The summed E-state index contributed by atoms with van der Waals surface area (Å²) in [5, 5.41) is 3.13. The van der Waals surface area contributed by atoms with Gasteiger partial charge in [-0.25, -0.2) is 18.2 Å². The second-order valence-corrected chi connectivity index (χ2v) is 12.2. The molecular weight excluding hydrogens is 502 g/mol. The maximum absolute atomic E-state index is 13.2. The molecule has 3 amide bonds. The van der Waals surface area contributed by atoms with Gasteiger partial charge in [-0.1, -0.05) is 22.9 Å². The topological polar surface area (TPSA) is 112 Å². The summed E-state index contributed by atoms with van der Waals surface area (Å²) < 4.78 is 33.0. The number of anilines is 2. The van der Waals surface area contributed by atoms with Gasteiger partial charge in [0.1, 0.15) is 4.34 Å². The van der Waals surface area contributed by atoms with Crippen LogP contribution in [0.4, 0.5) is 15.6 Å². The number of carbonyl (C=O) groups is 2. The Morgan fingerprint density at radius 1 is 1.35 bits per heavy atom. The number of thiazole rings is 1. The molecule has 2 aliphatic heterocycles. The van der Waals surface area contributed by atoms with Gasteiger partial charge in [0, 0.05) is 58.4 Å². The lowest BCUT2D eigenvalue weighted by atomic mass is 9.81. The SMILES string of the molecule is COCCN(C)S(=O)(=O)c1ccc2c(c1)C1(CCN(C(C)=O)C1)CN2C(=O)Nc1ncc(Cl)s1. The number of halogens is 1. The summed E-state index contributed by atoms with van der Waals surface area (Å²) in [6, 6.07) is 4.42. The third kappa shape index (κ3) is 4.52. The van der Waals surface area contributed by atoms with Gasteiger partial charge < -0.3 is 9.64 Å². The Hall–Kier alpha value is -2.25. The smallest absolute Gasteiger partial charge is 0.328 e. The molecule has 0 saturated carbocycles. The van der Waals surface area contributed by atoms with Crippen LogP contribution in [0.25, 0.3) is 0 Å². The van der Waals surface area contributed by atoms with Crippen molar-refractivity contribution in [1.29, 1.82) is 0 Å². The van der Waals surface area contributed by atoms with Crippen LogP contribution < -0.4 is 10.2 Å². The van der Waals surface area contributed by atoms with Gasteiger partial charge in [-0.15, -0.1) is 0 Å². The fourth-order valence-corrected chi connectivity index (χ4v) is 6.45. The molecule has 1 N–H and O–H groups in total. The van der Waals surface area contributed by atoms with Crippen molar-refractivity contribution in [3.05, 3.63) is 34.3 Å². The van der Waals surface area contributed by atoms with Crippen LogP contribution in [0.15, 0.2) is 29.3 Å². The second-order valence-electron chi connectivity index (χ2n) is 8.46. The van der Waals surface area contributed by atoms with Gasteiger partial charge in [0.2, 0.25) is 15.9 Å². The molecule has 2 aromatic rings. The highest BCUT2D eigenvalue weighted by Crippen LogP contribution is 2.47. The Labute approximate surface area is 207 Å². The molecule has 13 heteroatoms. The van der Waals surface area contributed by atoms with E-state index >= 15 is 0 Å². The molecule has 1 unspecified atom stereocenters. The van der Waals surface area contributed by atoms with Crippen LogP contribution in [-0.4, -0.2) is 81.5 Å². The fourth-order valence-electron chi connectivity index (χ4n) is 4.47. The van der Waals surface area contributed by atoms with Crippen molar-refractivity contribution in [2.45, 2.75) is 23.7 Å². The van der Waals surface area contributed by atoms with Crippen LogP contribution in [0.5, 0.6) is 0 Å². The van der Waals surface area contributed by atoms with Gasteiger partial charge in [0.15, 0.2) is 5.13 Å². The first kappa shape index (κ1) is 24.9. The number of hydrogen-bond donors (Lipinski definition) is 1. The molecule has 2 aliphatic rings. The summed E-state index contributed by atoms with van der Waals surface area (Å²) in [5.74, 6) is -0.0539. The number of fused-ring (bicyclic) bond motifs is 2. The van der Waals surface area contributed by atoms with E-state index in [1.807, 2.05) is 0 Å². The summed E-state index contributed by atoms with van der Waals surface area (Å²) in [7, 11) is -0.745. The minimum absolute atomic E-state index is 0.0539. The van der Waals surface area contributed by atoms with Crippen LogP contribution in [0.3, 0.4) is 0 Å². The number of amides is 3. The van der Waals surface area contributed by atoms with Gasteiger partial charge >= 0.3 is 6.03 Å². The summed E-state index contributed by atoms with van der Waals surface area (Å²) in [4.78, 5) is 32.8. The average molecular weight is 528 g/mol. The third-order valence-electron chi connectivity index (χ3n) is 6.35. The zero-order valence-corrected chi connectivity index (χ0v) is 21.5. The van der Waals surface area contributed by atoms with E-state index in [1.54, 1.807) is 21.9 Å². The summed E-state index contributed by atoms with van der Waals surface area (Å²) >= 11 is 7.08. The van der Waals surface area contributed by atoms with Crippen LogP contribution in [0.2, 0.25) is 4.34 Å². The number of ether oxygens (including phenoxy) is 1. The Kier molecular flexibility index (Phi) is 6.89. The lowest BCUT2D eigenvalue weighted by Crippen LogP contribution is -2.41. The van der Waals surface area contributed by atoms with Crippen molar-refractivity contribution in [3.63, 3.8) is 0 Å². The number of benzene rings is 1. The molecule has 1 atom stereocenters. The van der Waals surface area contributed by atoms with E-state index in [0.29, 0.717) is 41.2 Å². The predicted octanol–water partition coefficient (Wildman–Crippen LogP) is 2.61. The molecule has 4 rings (SSSR count). The Bertz CT molecular complexity index is 1220. The lowest BCUT2D eigenvalue weighted by molar-refractivity contribution is -0.127. The van der Waals surface area contributed by atoms with E-state index in [4.69, 9.17) is 16.3 Å². The molecule has 10 nitrogen and oxygen atoms in total. The van der Waals surface area contributed by atoms with E-state index in [0.717, 1.165) is 16.9 Å². The van der Waals surface area contributed by atoms with Gasteiger partial charge in [-0.3, -0.25) is 15.0 Å². The molecule has 0 aliphatic carbocycles. The lowest BCUT2D eigenvalue weighted by Gasteiger charge is -2.25. The number of sulfonamides is 1. The van der Waals surface area contributed by atoms with Crippen molar-refractivity contribution < 1.29 is 22.7 Å². The Balaban J connectivity index is 1.71. The average Bonchev–Trinajstić information content (AvgIpc) is 3.50. The number of hydrogen-bond acceptors (Lipinski definition) is 7. The highest BCUT2D eigenvalue weighted by atomic mass is 35.5. The molecule has 1 fully saturated rings. The first-order chi connectivity index (χ1) is 16.1. The molecule has 184 valence electrons. The Morgan fingerprint density at radius 2 is 2.12 bits per heavy atom. The molecular formula is C21H26ClN5O5S2. The van der Waals surface area contributed by atoms with E-state index in [9.17, 15) is 18.0 Å². The number of likely N-dealkylation sites (N-methyl/N-ethyl adjacent to an activating group) is 1. The van der Waals surface area contributed by atoms with Gasteiger partial charge in [0.25, 0.3) is 0 Å². The molecule has 1 spiro atoms. The van der Waals surface area contributed by atoms with E-state index < -0.39 is 21.5 Å². The predicted molar refractivity (Wildman–Crippen MR) is 130 cm³/mol. The number of nitrogens with zero attached hydrogens (tertiary/aromatic N) is 4. The van der Waals surface area contributed by atoms with Gasteiger partial charge in [0.05, 0.1) is 17.7 Å². The third-order valence-corrected chi connectivity index (χ3v) is 9.23. The van der Waals surface area contributed by atoms with Crippen molar-refractivity contribution in [1.82, 2.24) is 14.2 Å². The highest BCUT2D eigenvalue weighted by Gasteiger charge is 2.50. The number of carbonyl (C=O) groups excluding carboxylic acids is 2. The summed E-state index contributed by atoms with van der Waals surface area (Å²) in [5.41, 5.74) is 0.795. The van der Waals surface area contributed by atoms with Crippen LogP contribution in [0.1, 0.15) is 18.9 Å². The summed E-state index contributed by atoms with van der Waals surface area (Å²) in [6.07, 6.45) is 2.08. The van der Waals surface area contributed by atoms with Crippen LogP contribution in [-0.2, 0) is 25.0 Å². The molecule has 1 aromatic carbocycles. The number of rotatable bonds is 6. The highest BCUT2D eigenvalue weighted by molar-refractivity contribution is 7.89. The molecule has 0 bridgehead atoms. The fraction of sp³-hybridized carbons (Fsp3) is 0.476. The first-order valence-electron chi connectivity index (χ1n) is 10.6. The number of nitrogens with one attached hydrogen (secondary N) is 1. The molecule has 34 heavy (non-hydrogen) atoms. The number of aromatic nitrogens is 1. The standard InChI is InChI=1S/C21H26ClN5O5S2/c1-14(28)26-7-6-21(12-26)13-27(20(29)24-19-23-11-18(22)33-19)17-5-4-15(10-16(17)21)34(30,31)25(2)8-9-32-3/h4-5,10-11H,6-9,12-13H2,1-3H3,(H,23,24,29). The normalized spacial score (nSPS) is 19.8. The quantitative estimate of drug-likeness (QED) is 0.618. The van der Waals surface area contributed by atoms with E-state index in [1.165, 1.54) is 37.6 Å². The minimum atomic E-state index is -3.76. The summed E-state index contributed by atoms with van der Waals surface area (Å²) in [6.45, 7) is 3.26. The maximum Gasteiger partial charge on any atom is 0.328 e. The zero-order chi connectivity index (χ0) is 24.7. The number of urea groups is 1. The van der Waals surface area contributed by atoms with Gasteiger partial charge in [-0.2, -0.15) is 4.31 Å². The van der Waals surface area contributed by atoms with Crippen molar-refractivity contribution >= 4 is 55.7 Å². The van der Waals surface area contributed by atoms with E-state index in [2.05, 4.69) is 10.3 Å². The first-order valence-corrected chi connectivity index (χ1v) is 13.3.